The lowest BCUT2D eigenvalue weighted by Gasteiger charge is -2.18. The highest BCUT2D eigenvalue weighted by molar-refractivity contribution is 5.86. The molecule has 1 atom stereocenters. The Bertz CT molecular complexity index is 1310. The van der Waals surface area contributed by atoms with Crippen molar-refractivity contribution in [2.45, 2.75) is 25.6 Å². The van der Waals surface area contributed by atoms with Crippen molar-refractivity contribution in [3.05, 3.63) is 102 Å². The third-order valence-electron chi connectivity index (χ3n) is 5.60. The molecule has 160 valence electrons. The van der Waals surface area contributed by atoms with Gasteiger partial charge in [-0.25, -0.2) is 0 Å². The minimum Gasteiger partial charge on any atom is -0.460 e. The average Bonchev–Trinajstić information content (AvgIpc) is 3.44. The predicted octanol–water partition coefficient (Wildman–Crippen LogP) is 4.33. The van der Waals surface area contributed by atoms with Crippen molar-refractivity contribution in [1.29, 1.82) is 0 Å². The fourth-order valence-corrected chi connectivity index (χ4v) is 3.94. The van der Waals surface area contributed by atoms with Gasteiger partial charge in [0.15, 0.2) is 0 Å². The number of aromatic nitrogens is 2. The number of carbonyl (C=O) groups excluding carboxylic acids is 1. The van der Waals surface area contributed by atoms with Crippen LogP contribution in [-0.2, 0) is 24.3 Å². The molecule has 6 nitrogen and oxygen atoms in total. The van der Waals surface area contributed by atoms with Crippen molar-refractivity contribution >= 4 is 27.8 Å². The van der Waals surface area contributed by atoms with Gasteiger partial charge in [0.1, 0.15) is 11.3 Å². The van der Waals surface area contributed by atoms with Gasteiger partial charge >= 0.3 is 0 Å². The number of para-hydroxylation sites is 2. The van der Waals surface area contributed by atoms with E-state index in [0.717, 1.165) is 38.8 Å². The van der Waals surface area contributed by atoms with E-state index in [0.29, 0.717) is 19.5 Å². The highest BCUT2D eigenvalue weighted by atomic mass is 16.3. The third-order valence-corrected chi connectivity index (χ3v) is 5.60. The number of furan rings is 1. The van der Waals surface area contributed by atoms with Crippen molar-refractivity contribution in [1.82, 2.24) is 20.6 Å². The number of hydrogen-bond donors (Lipinski definition) is 3. The van der Waals surface area contributed by atoms with E-state index in [1.807, 2.05) is 66.9 Å². The van der Waals surface area contributed by atoms with Crippen LogP contribution in [0.4, 0.5) is 0 Å². The van der Waals surface area contributed by atoms with Crippen LogP contribution < -0.4 is 10.6 Å². The predicted molar refractivity (Wildman–Crippen MR) is 125 cm³/mol. The van der Waals surface area contributed by atoms with E-state index in [1.165, 1.54) is 0 Å². The van der Waals surface area contributed by atoms with Gasteiger partial charge in [0, 0.05) is 41.4 Å². The summed E-state index contributed by atoms with van der Waals surface area (Å²) in [5, 5.41) is 8.62. The Morgan fingerprint density at radius 3 is 2.78 bits per heavy atom. The molecule has 0 spiro atoms. The molecule has 1 unspecified atom stereocenters. The molecule has 3 N–H and O–H groups in total. The molecule has 0 saturated heterocycles. The van der Waals surface area contributed by atoms with Crippen molar-refractivity contribution in [2.24, 2.45) is 0 Å². The van der Waals surface area contributed by atoms with E-state index in [4.69, 9.17) is 4.42 Å². The standard InChI is InChI=1S/C26H24N4O2/c31-26(30-15-18-6-5-11-27-14-18)24(13-20-16-28-23-9-3-2-8-22(20)23)29-17-21-12-19-7-1-4-10-25(19)32-21/h1-12,14,16,24,28-29H,13,15,17H2,(H,30,31). The van der Waals surface area contributed by atoms with Crippen LogP contribution in [-0.4, -0.2) is 21.9 Å². The van der Waals surface area contributed by atoms with E-state index < -0.39 is 6.04 Å². The zero-order chi connectivity index (χ0) is 21.8. The summed E-state index contributed by atoms with van der Waals surface area (Å²) >= 11 is 0. The molecule has 0 bridgehead atoms. The van der Waals surface area contributed by atoms with Gasteiger partial charge in [0.05, 0.1) is 12.6 Å². The topological polar surface area (TPSA) is 83.0 Å². The number of nitrogens with zero attached hydrogens (tertiary/aromatic N) is 1. The first-order valence-electron chi connectivity index (χ1n) is 10.7. The van der Waals surface area contributed by atoms with Gasteiger partial charge in [-0.05, 0) is 41.8 Å². The quantitative estimate of drug-likeness (QED) is 0.346. The number of hydrogen-bond acceptors (Lipinski definition) is 4. The maximum Gasteiger partial charge on any atom is 0.237 e. The van der Waals surface area contributed by atoms with E-state index in [1.54, 1.807) is 12.4 Å². The fourth-order valence-electron chi connectivity index (χ4n) is 3.94. The van der Waals surface area contributed by atoms with Crippen molar-refractivity contribution in [3.63, 3.8) is 0 Å². The first-order chi connectivity index (χ1) is 15.8. The maximum absolute atomic E-state index is 13.1. The van der Waals surface area contributed by atoms with Gasteiger partial charge in [-0.3, -0.25) is 15.1 Å². The maximum atomic E-state index is 13.1. The first kappa shape index (κ1) is 20.0. The van der Waals surface area contributed by atoms with Crippen molar-refractivity contribution in [2.75, 3.05) is 0 Å². The zero-order valence-electron chi connectivity index (χ0n) is 17.5. The number of carbonyl (C=O) groups is 1. The number of pyridine rings is 1. The second kappa shape index (κ2) is 9.08. The van der Waals surface area contributed by atoms with Crippen LogP contribution in [0.15, 0.2) is 89.7 Å². The SMILES string of the molecule is O=C(NCc1cccnc1)C(Cc1c[nH]c2ccccc12)NCc1cc2ccccc2o1. The number of benzene rings is 2. The summed E-state index contributed by atoms with van der Waals surface area (Å²) in [6.45, 7) is 0.894. The summed E-state index contributed by atoms with van der Waals surface area (Å²) in [5.41, 5.74) is 3.97. The monoisotopic (exact) mass is 424 g/mol. The van der Waals surface area contributed by atoms with Crippen molar-refractivity contribution < 1.29 is 9.21 Å². The van der Waals surface area contributed by atoms with Crippen LogP contribution in [0.1, 0.15) is 16.9 Å². The molecule has 0 saturated carbocycles. The minimum atomic E-state index is -0.418. The summed E-state index contributed by atoms with van der Waals surface area (Å²) in [5.74, 6) is 0.741. The van der Waals surface area contributed by atoms with Gasteiger partial charge < -0.3 is 14.7 Å². The Morgan fingerprint density at radius 1 is 1.03 bits per heavy atom. The van der Waals surface area contributed by atoms with E-state index in [9.17, 15) is 4.79 Å². The smallest absolute Gasteiger partial charge is 0.237 e. The molecule has 0 aliphatic carbocycles. The van der Waals surface area contributed by atoms with Crippen LogP contribution >= 0.6 is 0 Å². The summed E-state index contributed by atoms with van der Waals surface area (Å²) < 4.78 is 5.92. The van der Waals surface area contributed by atoms with Crippen LogP contribution in [0.2, 0.25) is 0 Å². The number of H-pyrrole nitrogens is 1. The molecule has 5 aromatic rings. The zero-order valence-corrected chi connectivity index (χ0v) is 17.5. The molecule has 3 aromatic heterocycles. The molecule has 6 heteroatoms. The summed E-state index contributed by atoms with van der Waals surface area (Å²) in [7, 11) is 0. The average molecular weight is 425 g/mol. The van der Waals surface area contributed by atoms with Gasteiger partial charge in [-0.15, -0.1) is 0 Å². The molecule has 0 radical (unpaired) electrons. The lowest BCUT2D eigenvalue weighted by Crippen LogP contribution is -2.45. The van der Waals surface area contributed by atoms with Crippen LogP contribution in [0, 0.1) is 0 Å². The molecule has 0 fully saturated rings. The Morgan fingerprint density at radius 2 is 1.91 bits per heavy atom. The number of rotatable bonds is 8. The summed E-state index contributed by atoms with van der Waals surface area (Å²) in [4.78, 5) is 20.5. The number of nitrogens with one attached hydrogen (secondary N) is 3. The molecular weight excluding hydrogens is 400 g/mol. The third kappa shape index (κ3) is 4.40. The van der Waals surface area contributed by atoms with E-state index >= 15 is 0 Å². The molecule has 0 aliphatic heterocycles. The van der Waals surface area contributed by atoms with Gasteiger partial charge in [0.25, 0.3) is 0 Å². The van der Waals surface area contributed by atoms with Crippen LogP contribution in [0.3, 0.4) is 0 Å². The largest absolute Gasteiger partial charge is 0.460 e. The molecule has 5 rings (SSSR count). The first-order valence-corrected chi connectivity index (χ1v) is 10.7. The molecule has 2 aromatic carbocycles. The van der Waals surface area contributed by atoms with Gasteiger partial charge in [-0.1, -0.05) is 42.5 Å². The Hall–Kier alpha value is -3.90. The highest BCUT2D eigenvalue weighted by Crippen LogP contribution is 2.21. The van der Waals surface area contributed by atoms with Gasteiger partial charge in [0.2, 0.25) is 5.91 Å². The lowest BCUT2D eigenvalue weighted by molar-refractivity contribution is -0.123. The summed E-state index contributed by atoms with van der Waals surface area (Å²) in [6, 6.07) is 21.4. The molecule has 0 aliphatic rings. The molecule has 32 heavy (non-hydrogen) atoms. The second-order valence-corrected chi connectivity index (χ2v) is 7.83. The van der Waals surface area contributed by atoms with E-state index in [2.05, 4.69) is 26.7 Å². The lowest BCUT2D eigenvalue weighted by atomic mass is 10.0. The molecular formula is C26H24N4O2. The number of amides is 1. The molecule has 1 amide bonds. The fraction of sp³-hybridized carbons (Fsp3) is 0.154. The normalized spacial score (nSPS) is 12.2. The second-order valence-electron chi connectivity index (χ2n) is 7.83. The summed E-state index contributed by atoms with van der Waals surface area (Å²) in [6.07, 6.45) is 6.02. The van der Waals surface area contributed by atoms with Crippen molar-refractivity contribution in [3.8, 4) is 0 Å². The van der Waals surface area contributed by atoms with Gasteiger partial charge in [-0.2, -0.15) is 0 Å². The Kier molecular flexibility index (Phi) is 5.68. The Labute approximate surface area is 185 Å². The Balaban J connectivity index is 1.33. The van der Waals surface area contributed by atoms with E-state index in [-0.39, 0.29) is 5.91 Å². The minimum absolute atomic E-state index is 0.0600. The van der Waals surface area contributed by atoms with Crippen LogP contribution in [0.25, 0.3) is 21.9 Å². The number of fused-ring (bicyclic) bond motifs is 2. The highest BCUT2D eigenvalue weighted by Gasteiger charge is 2.21. The molecule has 3 heterocycles. The number of aromatic amines is 1. The van der Waals surface area contributed by atoms with Crippen LogP contribution in [0.5, 0.6) is 0 Å².